The standard InChI is InChI=1S/C20H28N4O6S2/c1-3-21-23(5-1)20(24-6-2-4-22-24)19(17-27-9-10-28-17,18-29-11-12-30-18)15(14-31-32-20)16-13-25-7-8-26-16/h1-4,9-10,15-18,21-22H,5-8,11-14H2. The maximum Gasteiger partial charge on any atom is 0.254 e. The van der Waals surface area contributed by atoms with Gasteiger partial charge in [0.2, 0.25) is 0 Å². The lowest BCUT2D eigenvalue weighted by Crippen LogP contribution is -2.80. The van der Waals surface area contributed by atoms with E-state index in [1.54, 1.807) is 23.3 Å². The van der Waals surface area contributed by atoms with Gasteiger partial charge in [0.25, 0.3) is 6.29 Å². The molecule has 0 aromatic carbocycles. The molecule has 0 saturated carbocycles. The molecular weight excluding hydrogens is 456 g/mol. The zero-order valence-electron chi connectivity index (χ0n) is 17.6. The summed E-state index contributed by atoms with van der Waals surface area (Å²) in [5, 5.41) is 4.44. The first-order valence-electron chi connectivity index (χ1n) is 10.9. The molecule has 6 heterocycles. The van der Waals surface area contributed by atoms with E-state index in [1.165, 1.54) is 0 Å². The Bertz CT molecular complexity index is 725. The van der Waals surface area contributed by atoms with Crippen molar-refractivity contribution in [3.63, 3.8) is 0 Å². The minimum absolute atomic E-state index is 0.0492. The number of ether oxygens (including phenoxy) is 6. The predicted octanol–water partition coefficient (Wildman–Crippen LogP) is 0.938. The van der Waals surface area contributed by atoms with E-state index in [2.05, 4.69) is 33.0 Å². The summed E-state index contributed by atoms with van der Waals surface area (Å²) in [5.41, 5.74) is 6.11. The van der Waals surface area contributed by atoms with Crippen LogP contribution in [0.5, 0.6) is 0 Å². The van der Waals surface area contributed by atoms with Crippen molar-refractivity contribution in [3.8, 4) is 0 Å². The van der Waals surface area contributed by atoms with Gasteiger partial charge in [-0.05, 0) is 0 Å². The summed E-state index contributed by atoms with van der Waals surface area (Å²) >= 11 is 0. The molecule has 2 N–H and O–H groups in total. The highest BCUT2D eigenvalue weighted by molar-refractivity contribution is 8.77. The number of hydrazine groups is 2. The Morgan fingerprint density at radius 3 is 2.12 bits per heavy atom. The smallest absolute Gasteiger partial charge is 0.254 e. The van der Waals surface area contributed by atoms with Crippen LogP contribution in [-0.2, 0) is 28.4 Å². The van der Waals surface area contributed by atoms with Crippen molar-refractivity contribution in [2.45, 2.75) is 23.7 Å². The third-order valence-electron chi connectivity index (χ3n) is 6.76. The molecule has 3 atom stereocenters. The van der Waals surface area contributed by atoms with Gasteiger partial charge < -0.3 is 39.3 Å². The molecule has 0 aromatic rings. The van der Waals surface area contributed by atoms with E-state index in [4.69, 9.17) is 28.4 Å². The van der Waals surface area contributed by atoms with Gasteiger partial charge in [-0.1, -0.05) is 33.7 Å². The molecule has 0 amide bonds. The van der Waals surface area contributed by atoms with Crippen molar-refractivity contribution in [1.29, 1.82) is 0 Å². The SMILES string of the molecule is C1=CNN(C2(N3CC=CN3)SSCC(C3COCCO3)C2(C2OC=CO2)C2OCCO2)C1. The fourth-order valence-electron chi connectivity index (χ4n) is 5.49. The average Bonchev–Trinajstić information content (AvgIpc) is 3.67. The first-order chi connectivity index (χ1) is 15.9. The first kappa shape index (κ1) is 21.4. The summed E-state index contributed by atoms with van der Waals surface area (Å²) < 4.78 is 37.2. The van der Waals surface area contributed by atoms with Crippen LogP contribution in [0, 0.1) is 11.3 Å². The van der Waals surface area contributed by atoms with E-state index in [9.17, 15) is 0 Å². The second-order valence-electron chi connectivity index (χ2n) is 8.23. The number of hydrogen-bond acceptors (Lipinski definition) is 12. The van der Waals surface area contributed by atoms with Crippen molar-refractivity contribution in [1.82, 2.24) is 20.9 Å². The largest absolute Gasteiger partial charge is 0.458 e. The van der Waals surface area contributed by atoms with E-state index in [0.29, 0.717) is 46.1 Å². The van der Waals surface area contributed by atoms with Crippen LogP contribution in [0.25, 0.3) is 0 Å². The van der Waals surface area contributed by atoms with E-state index in [-0.39, 0.29) is 12.0 Å². The third kappa shape index (κ3) is 3.12. The lowest BCUT2D eigenvalue weighted by atomic mass is 9.68. The summed E-state index contributed by atoms with van der Waals surface area (Å²) in [6.07, 6.45) is 10.0. The number of rotatable bonds is 5. The average molecular weight is 485 g/mol. The summed E-state index contributed by atoms with van der Waals surface area (Å²) in [7, 11) is 3.59. The second kappa shape index (κ2) is 8.91. The highest BCUT2D eigenvalue weighted by Crippen LogP contribution is 2.66. The Hall–Kier alpha value is -1.12. The second-order valence-corrected chi connectivity index (χ2v) is 10.7. The van der Waals surface area contributed by atoms with Crippen molar-refractivity contribution in [2.24, 2.45) is 11.3 Å². The Balaban J connectivity index is 1.54. The normalized spacial score (nSPS) is 38.0. The van der Waals surface area contributed by atoms with Crippen molar-refractivity contribution in [2.75, 3.05) is 51.9 Å². The van der Waals surface area contributed by atoms with Crippen LogP contribution < -0.4 is 10.9 Å². The number of hydrogen-bond donors (Lipinski definition) is 2. The minimum Gasteiger partial charge on any atom is -0.458 e. The lowest BCUT2D eigenvalue weighted by Gasteiger charge is -2.64. The lowest BCUT2D eigenvalue weighted by molar-refractivity contribution is -0.318. The van der Waals surface area contributed by atoms with Crippen molar-refractivity contribution >= 4 is 21.6 Å². The van der Waals surface area contributed by atoms with Gasteiger partial charge in [-0.15, -0.1) is 0 Å². The molecule has 0 aromatic heterocycles. The van der Waals surface area contributed by atoms with E-state index < -0.39 is 23.0 Å². The molecule has 6 rings (SSSR count). The van der Waals surface area contributed by atoms with E-state index in [0.717, 1.165) is 5.75 Å². The number of nitrogens with one attached hydrogen (secondary N) is 2. The van der Waals surface area contributed by atoms with E-state index >= 15 is 0 Å². The fraction of sp³-hybridized carbons (Fsp3) is 0.700. The monoisotopic (exact) mass is 484 g/mol. The predicted molar refractivity (Wildman–Crippen MR) is 118 cm³/mol. The molecule has 10 nitrogen and oxygen atoms in total. The molecule has 3 unspecified atom stereocenters. The molecule has 32 heavy (non-hydrogen) atoms. The highest BCUT2D eigenvalue weighted by atomic mass is 33.1. The van der Waals surface area contributed by atoms with Crippen LogP contribution in [0.1, 0.15) is 0 Å². The fourth-order valence-corrected chi connectivity index (χ4v) is 9.39. The van der Waals surface area contributed by atoms with Gasteiger partial charge in [0.1, 0.15) is 17.9 Å². The first-order valence-corrected chi connectivity index (χ1v) is 13.3. The van der Waals surface area contributed by atoms with Gasteiger partial charge >= 0.3 is 0 Å². The van der Waals surface area contributed by atoms with Crippen LogP contribution in [-0.4, -0.2) is 85.6 Å². The maximum atomic E-state index is 6.33. The van der Waals surface area contributed by atoms with Crippen LogP contribution >= 0.6 is 21.6 Å². The molecule has 6 aliphatic rings. The molecule has 0 radical (unpaired) electrons. The molecule has 176 valence electrons. The van der Waals surface area contributed by atoms with Crippen LogP contribution in [0.3, 0.4) is 0 Å². The molecule has 0 aliphatic carbocycles. The molecule has 3 fully saturated rings. The summed E-state index contributed by atoms with van der Waals surface area (Å²) in [4.78, 5) is -0.722. The van der Waals surface area contributed by atoms with Crippen LogP contribution in [0.15, 0.2) is 37.1 Å². The van der Waals surface area contributed by atoms with Gasteiger partial charge in [0, 0.05) is 37.2 Å². The van der Waals surface area contributed by atoms with Crippen molar-refractivity contribution < 1.29 is 28.4 Å². The molecule has 6 aliphatic heterocycles. The highest BCUT2D eigenvalue weighted by Gasteiger charge is 2.76. The maximum absolute atomic E-state index is 6.33. The quantitative estimate of drug-likeness (QED) is 0.545. The van der Waals surface area contributed by atoms with Gasteiger partial charge in [-0.3, -0.25) is 0 Å². The van der Waals surface area contributed by atoms with Gasteiger partial charge in [0.05, 0.1) is 39.1 Å². The van der Waals surface area contributed by atoms with Gasteiger partial charge in [-0.2, -0.15) is 10.0 Å². The summed E-state index contributed by atoms with van der Waals surface area (Å²) in [5.74, 6) is 0.766. The molecular formula is C20H28N4O6S2. The van der Waals surface area contributed by atoms with Crippen LogP contribution in [0.2, 0.25) is 0 Å². The van der Waals surface area contributed by atoms with Gasteiger partial charge in [-0.25, -0.2) is 0 Å². The third-order valence-corrected chi connectivity index (χ3v) is 9.86. The molecule has 12 heteroatoms. The molecule has 0 bridgehead atoms. The Morgan fingerprint density at radius 1 is 0.844 bits per heavy atom. The van der Waals surface area contributed by atoms with Crippen LogP contribution in [0.4, 0.5) is 0 Å². The minimum atomic E-state index is -0.813. The zero-order valence-corrected chi connectivity index (χ0v) is 19.2. The summed E-state index contributed by atoms with van der Waals surface area (Å²) in [6, 6.07) is 0. The summed E-state index contributed by atoms with van der Waals surface area (Å²) in [6.45, 7) is 4.13. The molecule has 3 saturated heterocycles. The Kier molecular flexibility index (Phi) is 5.96. The number of nitrogens with zero attached hydrogens (tertiary/aromatic N) is 2. The Labute approximate surface area is 194 Å². The Morgan fingerprint density at radius 2 is 1.53 bits per heavy atom. The van der Waals surface area contributed by atoms with Gasteiger partial charge in [0.15, 0.2) is 11.3 Å². The topological polar surface area (TPSA) is 85.9 Å². The van der Waals surface area contributed by atoms with E-state index in [1.807, 2.05) is 23.2 Å². The zero-order chi connectivity index (χ0) is 21.4. The molecule has 0 spiro atoms. The van der Waals surface area contributed by atoms with Crippen molar-refractivity contribution in [3.05, 3.63) is 37.1 Å².